The predicted octanol–water partition coefficient (Wildman–Crippen LogP) is 1.47. The molecule has 0 aliphatic carbocycles. The van der Waals surface area contributed by atoms with Gasteiger partial charge in [0.25, 0.3) is 0 Å². The molecule has 0 saturated heterocycles. The van der Waals surface area contributed by atoms with Gasteiger partial charge >= 0.3 is 0 Å². The highest BCUT2D eigenvalue weighted by atomic mass is 16.5. The van der Waals surface area contributed by atoms with Gasteiger partial charge in [0.2, 0.25) is 0 Å². The number of hydrogen-bond acceptors (Lipinski definition) is 4. The first-order valence-corrected chi connectivity index (χ1v) is 6.80. The topological polar surface area (TPSA) is 58.7 Å². The van der Waals surface area contributed by atoms with Crippen LogP contribution in [0.1, 0.15) is 19.4 Å². The molecule has 0 fully saturated rings. The average molecular weight is 266 g/mol. The fourth-order valence-electron chi connectivity index (χ4n) is 2.11. The smallest absolute Gasteiger partial charge is 0.123 e. The van der Waals surface area contributed by atoms with Crippen molar-refractivity contribution in [3.63, 3.8) is 0 Å². The van der Waals surface area contributed by atoms with Gasteiger partial charge in [0.05, 0.1) is 0 Å². The van der Waals surface area contributed by atoms with Crippen molar-refractivity contribution in [3.8, 4) is 5.75 Å². The molecule has 0 saturated carbocycles. The van der Waals surface area contributed by atoms with E-state index in [0.717, 1.165) is 17.9 Å². The Kier molecular flexibility index (Phi) is 6.84. The second-order valence-electron chi connectivity index (χ2n) is 5.39. The Morgan fingerprint density at radius 3 is 2.58 bits per heavy atom. The first-order chi connectivity index (χ1) is 9.02. The molecule has 0 radical (unpaired) electrons. The van der Waals surface area contributed by atoms with Crippen LogP contribution in [0.15, 0.2) is 24.3 Å². The van der Waals surface area contributed by atoms with E-state index in [2.05, 4.69) is 18.7 Å². The van der Waals surface area contributed by atoms with E-state index in [4.69, 9.17) is 10.5 Å². The van der Waals surface area contributed by atoms with Gasteiger partial charge < -0.3 is 20.5 Å². The highest BCUT2D eigenvalue weighted by Crippen LogP contribution is 2.17. The number of rotatable bonds is 8. The van der Waals surface area contributed by atoms with E-state index in [1.54, 1.807) is 0 Å². The van der Waals surface area contributed by atoms with Gasteiger partial charge in [0.15, 0.2) is 0 Å². The molecule has 1 rings (SSSR count). The summed E-state index contributed by atoms with van der Waals surface area (Å²) in [4.78, 5) is 2.12. The van der Waals surface area contributed by atoms with Gasteiger partial charge in [-0.2, -0.15) is 0 Å². The molecule has 19 heavy (non-hydrogen) atoms. The lowest BCUT2D eigenvalue weighted by Gasteiger charge is -2.22. The van der Waals surface area contributed by atoms with Gasteiger partial charge in [-0.05, 0) is 19.0 Å². The summed E-state index contributed by atoms with van der Waals surface area (Å²) >= 11 is 0. The Bertz CT molecular complexity index is 369. The van der Waals surface area contributed by atoms with Crippen LogP contribution < -0.4 is 10.5 Å². The van der Waals surface area contributed by atoms with Crippen LogP contribution in [0.5, 0.6) is 5.75 Å². The van der Waals surface area contributed by atoms with Crippen molar-refractivity contribution in [3.05, 3.63) is 29.8 Å². The van der Waals surface area contributed by atoms with Gasteiger partial charge in [-0.3, -0.25) is 0 Å². The summed E-state index contributed by atoms with van der Waals surface area (Å²) in [6, 6.07) is 7.66. The van der Waals surface area contributed by atoms with E-state index < -0.39 is 6.10 Å². The lowest BCUT2D eigenvalue weighted by Crippen LogP contribution is -2.35. The highest BCUT2D eigenvalue weighted by Gasteiger charge is 2.11. The molecular weight excluding hydrogens is 240 g/mol. The molecule has 1 unspecified atom stereocenters. The number of nitrogens with zero attached hydrogens (tertiary/aromatic N) is 1. The maximum atomic E-state index is 9.96. The number of likely N-dealkylation sites (N-methyl/N-ethyl adjacent to an activating group) is 1. The zero-order valence-electron chi connectivity index (χ0n) is 12.2. The van der Waals surface area contributed by atoms with Gasteiger partial charge in [0, 0.05) is 25.2 Å². The van der Waals surface area contributed by atoms with Crippen molar-refractivity contribution < 1.29 is 9.84 Å². The lowest BCUT2D eigenvalue weighted by atomic mass is 10.2. The average Bonchev–Trinajstić information content (AvgIpc) is 2.35. The first-order valence-electron chi connectivity index (χ1n) is 6.80. The number of nitrogens with two attached hydrogens (primary N) is 1. The zero-order valence-corrected chi connectivity index (χ0v) is 12.2. The Balaban J connectivity index is 2.39. The second-order valence-corrected chi connectivity index (χ2v) is 5.39. The SMILES string of the molecule is CC(C)CN(C)CC(O)COc1ccccc1CN. The standard InChI is InChI=1S/C15H26N2O2/c1-12(2)9-17(3)10-14(18)11-19-15-7-5-4-6-13(15)8-16/h4-7,12,14,18H,8-11,16H2,1-3H3. The fourth-order valence-corrected chi connectivity index (χ4v) is 2.11. The molecule has 1 aromatic rings. The van der Waals surface area contributed by atoms with Crippen LogP contribution in [0.25, 0.3) is 0 Å². The molecular formula is C15H26N2O2. The van der Waals surface area contributed by atoms with Crippen LogP contribution in [0.3, 0.4) is 0 Å². The summed E-state index contributed by atoms with van der Waals surface area (Å²) in [6.45, 7) is 6.64. The molecule has 0 bridgehead atoms. The third-order valence-electron chi connectivity index (χ3n) is 2.82. The maximum absolute atomic E-state index is 9.96. The monoisotopic (exact) mass is 266 g/mol. The van der Waals surface area contributed by atoms with Crippen LogP contribution >= 0.6 is 0 Å². The minimum absolute atomic E-state index is 0.291. The Hall–Kier alpha value is -1.10. The van der Waals surface area contributed by atoms with Gasteiger partial charge in [-0.1, -0.05) is 32.0 Å². The Labute approximate surface area is 116 Å². The van der Waals surface area contributed by atoms with E-state index in [9.17, 15) is 5.11 Å². The summed E-state index contributed by atoms with van der Waals surface area (Å²) in [5.74, 6) is 1.35. The van der Waals surface area contributed by atoms with Gasteiger partial charge in [-0.15, -0.1) is 0 Å². The molecule has 0 spiro atoms. The van der Waals surface area contributed by atoms with Crippen molar-refractivity contribution in [2.45, 2.75) is 26.5 Å². The van der Waals surface area contributed by atoms with E-state index >= 15 is 0 Å². The van der Waals surface area contributed by atoms with Crippen LogP contribution in [0, 0.1) is 5.92 Å². The van der Waals surface area contributed by atoms with E-state index in [-0.39, 0.29) is 0 Å². The predicted molar refractivity (Wildman–Crippen MR) is 78.2 cm³/mol. The first kappa shape index (κ1) is 16.0. The summed E-state index contributed by atoms with van der Waals surface area (Å²) in [7, 11) is 2.01. The summed E-state index contributed by atoms with van der Waals surface area (Å²) < 4.78 is 5.64. The fraction of sp³-hybridized carbons (Fsp3) is 0.600. The summed E-state index contributed by atoms with van der Waals surface area (Å²) in [6.07, 6.45) is -0.491. The van der Waals surface area contributed by atoms with E-state index in [1.165, 1.54) is 0 Å². The number of benzene rings is 1. The molecule has 0 aliphatic rings. The minimum atomic E-state index is -0.491. The number of aliphatic hydroxyl groups excluding tert-OH is 1. The van der Waals surface area contributed by atoms with Crippen molar-refractivity contribution in [1.82, 2.24) is 4.90 Å². The van der Waals surface area contributed by atoms with Crippen molar-refractivity contribution in [1.29, 1.82) is 0 Å². The number of para-hydroxylation sites is 1. The van der Waals surface area contributed by atoms with Crippen LogP contribution in [-0.2, 0) is 6.54 Å². The zero-order chi connectivity index (χ0) is 14.3. The molecule has 1 atom stereocenters. The molecule has 0 amide bonds. The third-order valence-corrected chi connectivity index (χ3v) is 2.82. The molecule has 0 aliphatic heterocycles. The van der Waals surface area contributed by atoms with E-state index in [0.29, 0.717) is 25.6 Å². The summed E-state index contributed by atoms with van der Waals surface area (Å²) in [5.41, 5.74) is 6.61. The number of ether oxygens (including phenoxy) is 1. The molecule has 0 aromatic heterocycles. The molecule has 1 aromatic carbocycles. The molecule has 4 nitrogen and oxygen atoms in total. The Morgan fingerprint density at radius 1 is 1.26 bits per heavy atom. The quantitative estimate of drug-likeness (QED) is 0.748. The number of hydrogen-bond donors (Lipinski definition) is 2. The van der Waals surface area contributed by atoms with Crippen molar-refractivity contribution in [2.75, 3.05) is 26.7 Å². The van der Waals surface area contributed by atoms with Crippen LogP contribution in [0.2, 0.25) is 0 Å². The molecule has 0 heterocycles. The second kappa shape index (κ2) is 8.15. The normalized spacial score (nSPS) is 13.0. The molecule has 108 valence electrons. The minimum Gasteiger partial charge on any atom is -0.491 e. The highest BCUT2D eigenvalue weighted by molar-refractivity contribution is 5.32. The van der Waals surface area contributed by atoms with Crippen molar-refractivity contribution in [2.24, 2.45) is 11.7 Å². The number of aliphatic hydroxyl groups is 1. The summed E-state index contributed by atoms with van der Waals surface area (Å²) in [5, 5.41) is 9.96. The maximum Gasteiger partial charge on any atom is 0.123 e. The van der Waals surface area contributed by atoms with Crippen LogP contribution in [0.4, 0.5) is 0 Å². The van der Waals surface area contributed by atoms with Crippen LogP contribution in [-0.4, -0.2) is 42.9 Å². The largest absolute Gasteiger partial charge is 0.491 e. The van der Waals surface area contributed by atoms with Crippen molar-refractivity contribution >= 4 is 0 Å². The van der Waals surface area contributed by atoms with Gasteiger partial charge in [-0.25, -0.2) is 0 Å². The lowest BCUT2D eigenvalue weighted by molar-refractivity contribution is 0.0729. The molecule has 4 heteroatoms. The third kappa shape index (κ3) is 6.05. The Morgan fingerprint density at radius 2 is 1.95 bits per heavy atom. The van der Waals surface area contributed by atoms with E-state index in [1.807, 2.05) is 31.3 Å². The molecule has 3 N–H and O–H groups in total. The van der Waals surface area contributed by atoms with Gasteiger partial charge in [0.1, 0.15) is 18.5 Å².